The Kier molecular flexibility index (Phi) is 4.09. The molecule has 84 valence electrons. The molecular formula is C12H13BrN2S. The SMILES string of the molecule is Cc1ccncc1CNCc1sccc1Br. The lowest BCUT2D eigenvalue weighted by atomic mass is 10.1. The molecule has 2 rings (SSSR count). The summed E-state index contributed by atoms with van der Waals surface area (Å²) in [4.78, 5) is 5.47. The molecule has 2 aromatic rings. The first-order chi connectivity index (χ1) is 7.77. The van der Waals surface area contributed by atoms with Crippen molar-refractivity contribution in [2.24, 2.45) is 0 Å². The summed E-state index contributed by atoms with van der Waals surface area (Å²) in [6, 6.07) is 4.12. The monoisotopic (exact) mass is 296 g/mol. The number of hydrogen-bond acceptors (Lipinski definition) is 3. The maximum Gasteiger partial charge on any atom is 0.0327 e. The first-order valence-electron chi connectivity index (χ1n) is 5.09. The Hall–Kier alpha value is -0.710. The molecule has 0 aliphatic heterocycles. The fourth-order valence-electron chi connectivity index (χ4n) is 1.44. The summed E-state index contributed by atoms with van der Waals surface area (Å²) in [5, 5.41) is 5.52. The zero-order valence-electron chi connectivity index (χ0n) is 9.03. The summed E-state index contributed by atoms with van der Waals surface area (Å²) >= 11 is 5.29. The van der Waals surface area contributed by atoms with Gasteiger partial charge in [0.05, 0.1) is 0 Å². The van der Waals surface area contributed by atoms with E-state index in [1.165, 1.54) is 20.5 Å². The third-order valence-corrected chi connectivity index (χ3v) is 4.37. The molecule has 0 saturated heterocycles. The van der Waals surface area contributed by atoms with Gasteiger partial charge < -0.3 is 5.32 Å². The molecule has 0 amide bonds. The normalized spacial score (nSPS) is 10.6. The number of thiophene rings is 1. The molecule has 0 radical (unpaired) electrons. The van der Waals surface area contributed by atoms with Gasteiger partial charge in [0.15, 0.2) is 0 Å². The van der Waals surface area contributed by atoms with Crippen LogP contribution in [0.4, 0.5) is 0 Å². The first-order valence-corrected chi connectivity index (χ1v) is 6.76. The number of aromatic nitrogens is 1. The summed E-state index contributed by atoms with van der Waals surface area (Å²) in [6.45, 7) is 3.87. The minimum atomic E-state index is 0.865. The van der Waals surface area contributed by atoms with Gasteiger partial charge in [0.1, 0.15) is 0 Å². The molecular weight excluding hydrogens is 284 g/mol. The van der Waals surface area contributed by atoms with Gasteiger partial charge in [-0.15, -0.1) is 11.3 Å². The van der Waals surface area contributed by atoms with Crippen LogP contribution in [0.15, 0.2) is 34.4 Å². The highest BCUT2D eigenvalue weighted by atomic mass is 79.9. The number of pyridine rings is 1. The zero-order chi connectivity index (χ0) is 11.4. The van der Waals surface area contributed by atoms with Crippen LogP contribution < -0.4 is 5.32 Å². The molecule has 2 nitrogen and oxygen atoms in total. The lowest BCUT2D eigenvalue weighted by Crippen LogP contribution is -2.13. The summed E-state index contributed by atoms with van der Waals surface area (Å²) in [5.41, 5.74) is 2.54. The summed E-state index contributed by atoms with van der Waals surface area (Å²) < 4.78 is 1.19. The smallest absolute Gasteiger partial charge is 0.0327 e. The Morgan fingerprint density at radius 3 is 2.94 bits per heavy atom. The topological polar surface area (TPSA) is 24.9 Å². The molecule has 0 unspecified atom stereocenters. The van der Waals surface area contributed by atoms with E-state index in [9.17, 15) is 0 Å². The van der Waals surface area contributed by atoms with E-state index in [2.05, 4.69) is 44.6 Å². The Balaban J connectivity index is 1.89. The summed E-state index contributed by atoms with van der Waals surface area (Å²) in [7, 11) is 0. The Morgan fingerprint density at radius 2 is 2.25 bits per heavy atom. The number of nitrogens with zero attached hydrogens (tertiary/aromatic N) is 1. The molecule has 16 heavy (non-hydrogen) atoms. The Morgan fingerprint density at radius 1 is 1.38 bits per heavy atom. The van der Waals surface area contributed by atoms with Crippen LogP contribution in [0.1, 0.15) is 16.0 Å². The Bertz CT molecular complexity index is 468. The van der Waals surface area contributed by atoms with E-state index in [-0.39, 0.29) is 0 Å². The molecule has 0 aromatic carbocycles. The van der Waals surface area contributed by atoms with Crippen LogP contribution in [0.5, 0.6) is 0 Å². The third kappa shape index (κ3) is 2.90. The molecule has 0 aliphatic carbocycles. The van der Waals surface area contributed by atoms with Gasteiger partial charge in [-0.3, -0.25) is 4.98 Å². The van der Waals surface area contributed by atoms with Crippen molar-refractivity contribution < 1.29 is 0 Å². The van der Waals surface area contributed by atoms with Crippen molar-refractivity contribution in [3.63, 3.8) is 0 Å². The van der Waals surface area contributed by atoms with Gasteiger partial charge in [-0.25, -0.2) is 0 Å². The molecule has 2 heterocycles. The average molecular weight is 297 g/mol. The van der Waals surface area contributed by atoms with Crippen molar-refractivity contribution in [3.8, 4) is 0 Å². The van der Waals surface area contributed by atoms with Crippen molar-refractivity contribution in [1.29, 1.82) is 0 Å². The second-order valence-electron chi connectivity index (χ2n) is 3.60. The number of aryl methyl sites for hydroxylation is 1. The van der Waals surface area contributed by atoms with Gasteiger partial charge in [-0.1, -0.05) is 0 Å². The van der Waals surface area contributed by atoms with E-state index in [1.807, 2.05) is 18.5 Å². The minimum absolute atomic E-state index is 0.865. The van der Waals surface area contributed by atoms with Crippen LogP contribution in [0, 0.1) is 6.92 Å². The van der Waals surface area contributed by atoms with Crippen molar-refractivity contribution >= 4 is 27.3 Å². The molecule has 0 aliphatic rings. The van der Waals surface area contributed by atoms with Gasteiger partial charge in [0, 0.05) is 34.8 Å². The predicted octanol–water partition coefficient (Wildman–Crippen LogP) is 3.50. The van der Waals surface area contributed by atoms with Crippen LogP contribution >= 0.6 is 27.3 Å². The number of hydrogen-bond donors (Lipinski definition) is 1. The highest BCUT2D eigenvalue weighted by Gasteiger charge is 2.01. The average Bonchev–Trinajstić information content (AvgIpc) is 2.67. The summed E-state index contributed by atoms with van der Waals surface area (Å²) in [5.74, 6) is 0. The fraction of sp³-hybridized carbons (Fsp3) is 0.250. The van der Waals surface area contributed by atoms with E-state index < -0.39 is 0 Å². The maximum absolute atomic E-state index is 4.13. The molecule has 1 N–H and O–H groups in total. The van der Waals surface area contributed by atoms with Crippen LogP contribution in [-0.4, -0.2) is 4.98 Å². The molecule has 2 aromatic heterocycles. The molecule has 0 bridgehead atoms. The number of rotatable bonds is 4. The van der Waals surface area contributed by atoms with Crippen molar-refractivity contribution in [2.75, 3.05) is 0 Å². The van der Waals surface area contributed by atoms with E-state index in [1.54, 1.807) is 11.3 Å². The molecule has 0 saturated carbocycles. The highest BCUT2D eigenvalue weighted by molar-refractivity contribution is 9.10. The van der Waals surface area contributed by atoms with E-state index in [4.69, 9.17) is 0 Å². The van der Waals surface area contributed by atoms with Crippen molar-refractivity contribution in [1.82, 2.24) is 10.3 Å². The minimum Gasteiger partial charge on any atom is -0.308 e. The molecule has 4 heteroatoms. The second kappa shape index (κ2) is 5.57. The molecule has 0 fully saturated rings. The molecule has 0 spiro atoms. The van der Waals surface area contributed by atoms with Crippen LogP contribution in [0.2, 0.25) is 0 Å². The number of halogens is 1. The Labute approximate surface area is 108 Å². The van der Waals surface area contributed by atoms with Gasteiger partial charge in [-0.05, 0) is 51.5 Å². The van der Waals surface area contributed by atoms with E-state index in [0.717, 1.165) is 13.1 Å². The van der Waals surface area contributed by atoms with Crippen molar-refractivity contribution in [3.05, 3.63) is 50.4 Å². The second-order valence-corrected chi connectivity index (χ2v) is 5.45. The van der Waals surface area contributed by atoms with Gasteiger partial charge >= 0.3 is 0 Å². The standard InChI is InChI=1S/C12H13BrN2S/c1-9-2-4-14-6-10(9)7-15-8-12-11(13)3-5-16-12/h2-6,15H,7-8H2,1H3. The fourth-order valence-corrected chi connectivity index (χ4v) is 2.91. The maximum atomic E-state index is 4.13. The van der Waals surface area contributed by atoms with E-state index >= 15 is 0 Å². The van der Waals surface area contributed by atoms with Crippen LogP contribution in [-0.2, 0) is 13.1 Å². The lowest BCUT2D eigenvalue weighted by molar-refractivity contribution is 0.694. The van der Waals surface area contributed by atoms with Gasteiger partial charge in [0.25, 0.3) is 0 Å². The first kappa shape index (κ1) is 11.8. The summed E-state index contributed by atoms with van der Waals surface area (Å²) in [6.07, 6.45) is 3.75. The quantitative estimate of drug-likeness (QED) is 0.934. The lowest BCUT2D eigenvalue weighted by Gasteiger charge is -2.06. The zero-order valence-corrected chi connectivity index (χ0v) is 11.4. The van der Waals surface area contributed by atoms with Crippen molar-refractivity contribution in [2.45, 2.75) is 20.0 Å². The van der Waals surface area contributed by atoms with Crippen LogP contribution in [0.25, 0.3) is 0 Å². The number of nitrogens with one attached hydrogen (secondary N) is 1. The highest BCUT2D eigenvalue weighted by Crippen LogP contribution is 2.22. The third-order valence-electron chi connectivity index (χ3n) is 2.44. The van der Waals surface area contributed by atoms with Gasteiger partial charge in [-0.2, -0.15) is 0 Å². The molecule has 0 atom stereocenters. The van der Waals surface area contributed by atoms with Gasteiger partial charge in [0.2, 0.25) is 0 Å². The van der Waals surface area contributed by atoms with E-state index in [0.29, 0.717) is 0 Å². The van der Waals surface area contributed by atoms with Crippen LogP contribution in [0.3, 0.4) is 0 Å². The predicted molar refractivity (Wildman–Crippen MR) is 71.5 cm³/mol. The largest absolute Gasteiger partial charge is 0.308 e.